The van der Waals surface area contributed by atoms with Crippen molar-refractivity contribution in [1.82, 2.24) is 9.97 Å². The summed E-state index contributed by atoms with van der Waals surface area (Å²) in [6, 6.07) is 9.11. The predicted molar refractivity (Wildman–Crippen MR) is 73.1 cm³/mol. The Bertz CT molecular complexity index is 514. The minimum Gasteiger partial charge on any atom is -0.220 e. The summed E-state index contributed by atoms with van der Waals surface area (Å²) in [4.78, 5) is 9.15. The molecule has 0 spiro atoms. The molecule has 2 aromatic rings. The molecule has 88 valence electrons. The van der Waals surface area contributed by atoms with Crippen LogP contribution in [0.3, 0.4) is 0 Å². The number of hydrogen-bond acceptors (Lipinski definition) is 3. The molecule has 0 amide bonds. The summed E-state index contributed by atoms with van der Waals surface area (Å²) in [5.74, 6) is 1.16. The fraction of sp³-hybridized carbons (Fsp3) is 0.0909. The van der Waals surface area contributed by atoms with Gasteiger partial charge in [-0.05, 0) is 12.1 Å². The van der Waals surface area contributed by atoms with Crippen LogP contribution in [0.4, 0.5) is 0 Å². The fourth-order valence-corrected chi connectivity index (χ4v) is 2.75. The van der Waals surface area contributed by atoms with Crippen molar-refractivity contribution in [2.24, 2.45) is 0 Å². The minimum atomic E-state index is 0.347. The van der Waals surface area contributed by atoms with Crippen LogP contribution >= 0.6 is 46.6 Å². The van der Waals surface area contributed by atoms with E-state index in [1.54, 1.807) is 11.8 Å². The van der Waals surface area contributed by atoms with E-state index in [4.69, 9.17) is 34.8 Å². The first kappa shape index (κ1) is 13.0. The van der Waals surface area contributed by atoms with Gasteiger partial charge in [-0.15, -0.1) is 11.8 Å². The highest BCUT2D eigenvalue weighted by molar-refractivity contribution is 7.98. The van der Waals surface area contributed by atoms with Crippen molar-refractivity contribution in [3.63, 3.8) is 0 Å². The molecule has 6 heteroatoms. The fourth-order valence-electron chi connectivity index (χ4n) is 1.20. The molecular weight excluding hydrogens is 299 g/mol. The van der Waals surface area contributed by atoms with Crippen molar-refractivity contribution in [2.45, 2.75) is 10.6 Å². The van der Waals surface area contributed by atoms with Crippen LogP contribution in [0.25, 0.3) is 0 Å². The van der Waals surface area contributed by atoms with Crippen molar-refractivity contribution in [1.29, 1.82) is 0 Å². The molecule has 1 aromatic carbocycles. The van der Waals surface area contributed by atoms with Gasteiger partial charge in [-0.2, -0.15) is 0 Å². The molecule has 0 aliphatic rings. The average molecular weight is 306 g/mol. The Kier molecular flexibility index (Phi) is 4.51. The van der Waals surface area contributed by atoms with Crippen LogP contribution in [0.2, 0.25) is 15.3 Å². The molecule has 0 unspecified atom stereocenters. The molecule has 2 rings (SSSR count). The van der Waals surface area contributed by atoms with Gasteiger partial charge in [0.2, 0.25) is 0 Å². The van der Waals surface area contributed by atoms with E-state index in [0.717, 1.165) is 4.90 Å². The number of rotatable bonds is 3. The Balaban J connectivity index is 2.10. The normalized spacial score (nSPS) is 10.5. The molecule has 2 nitrogen and oxygen atoms in total. The van der Waals surface area contributed by atoms with Crippen LogP contribution in [0.15, 0.2) is 35.2 Å². The zero-order valence-corrected chi connectivity index (χ0v) is 11.6. The van der Waals surface area contributed by atoms with Gasteiger partial charge in [0.15, 0.2) is 0 Å². The van der Waals surface area contributed by atoms with Crippen LogP contribution in [-0.4, -0.2) is 9.97 Å². The lowest BCUT2D eigenvalue weighted by atomic mass is 10.4. The molecule has 0 aliphatic carbocycles. The quantitative estimate of drug-likeness (QED) is 0.605. The van der Waals surface area contributed by atoms with Gasteiger partial charge in [-0.25, -0.2) is 9.97 Å². The van der Waals surface area contributed by atoms with E-state index >= 15 is 0 Å². The molecule has 0 saturated heterocycles. The largest absolute Gasteiger partial charge is 0.220 e. The second-order valence-electron chi connectivity index (χ2n) is 3.15. The molecule has 0 atom stereocenters. The van der Waals surface area contributed by atoms with Crippen LogP contribution in [0.1, 0.15) is 5.82 Å². The van der Waals surface area contributed by atoms with Crippen LogP contribution in [0.5, 0.6) is 0 Å². The number of aromatic nitrogens is 2. The first-order chi connectivity index (χ1) is 8.15. The Hall–Kier alpha value is -0.480. The molecule has 0 saturated carbocycles. The van der Waals surface area contributed by atoms with E-state index < -0.39 is 0 Å². The SMILES string of the molecule is Clc1cc(Cl)nc(CSc2ccccc2Cl)n1. The van der Waals surface area contributed by atoms with Gasteiger partial charge in [-0.1, -0.05) is 46.9 Å². The van der Waals surface area contributed by atoms with Gasteiger partial charge in [0.25, 0.3) is 0 Å². The first-order valence-electron chi connectivity index (χ1n) is 4.71. The third kappa shape index (κ3) is 3.75. The summed E-state index contributed by atoms with van der Waals surface area (Å²) in [6.45, 7) is 0. The maximum Gasteiger partial charge on any atom is 0.142 e. The second kappa shape index (κ2) is 5.91. The van der Waals surface area contributed by atoms with E-state index in [0.29, 0.717) is 26.9 Å². The lowest BCUT2D eigenvalue weighted by Gasteiger charge is -2.03. The van der Waals surface area contributed by atoms with E-state index in [9.17, 15) is 0 Å². The van der Waals surface area contributed by atoms with Gasteiger partial charge in [0, 0.05) is 11.0 Å². The molecule has 1 heterocycles. The zero-order chi connectivity index (χ0) is 12.3. The molecule has 0 radical (unpaired) electrons. The average Bonchev–Trinajstić information content (AvgIpc) is 2.27. The number of benzene rings is 1. The van der Waals surface area contributed by atoms with Crippen LogP contribution in [0, 0.1) is 0 Å². The molecule has 17 heavy (non-hydrogen) atoms. The number of thioether (sulfide) groups is 1. The minimum absolute atomic E-state index is 0.347. The van der Waals surface area contributed by atoms with Gasteiger partial charge in [0.05, 0.1) is 10.8 Å². The predicted octanol–water partition coefficient (Wildman–Crippen LogP) is 4.73. The highest BCUT2D eigenvalue weighted by Gasteiger charge is 2.05. The van der Waals surface area contributed by atoms with Crippen molar-refractivity contribution < 1.29 is 0 Å². The third-order valence-electron chi connectivity index (χ3n) is 1.90. The summed E-state index contributed by atoms with van der Waals surface area (Å²) < 4.78 is 0. The summed E-state index contributed by atoms with van der Waals surface area (Å²) in [5, 5.41) is 1.41. The van der Waals surface area contributed by atoms with E-state index in [-0.39, 0.29) is 0 Å². The lowest BCUT2D eigenvalue weighted by Crippen LogP contribution is -1.93. The molecule has 0 aliphatic heterocycles. The molecule has 1 aromatic heterocycles. The molecular formula is C11H7Cl3N2S. The summed E-state index contributed by atoms with van der Waals surface area (Å²) in [7, 11) is 0. The Morgan fingerprint density at radius 2 is 1.65 bits per heavy atom. The summed E-state index contributed by atoms with van der Waals surface area (Å²) >= 11 is 19.2. The van der Waals surface area contributed by atoms with E-state index in [1.165, 1.54) is 6.07 Å². The maximum absolute atomic E-state index is 6.04. The van der Waals surface area contributed by atoms with Crippen LogP contribution in [-0.2, 0) is 5.75 Å². The zero-order valence-electron chi connectivity index (χ0n) is 8.53. The standard InChI is InChI=1S/C11H7Cl3N2S/c12-7-3-1-2-4-8(7)17-6-11-15-9(13)5-10(14)16-11/h1-5H,6H2. The van der Waals surface area contributed by atoms with Crippen molar-refractivity contribution in [3.8, 4) is 0 Å². The summed E-state index contributed by atoms with van der Waals surface area (Å²) in [5.41, 5.74) is 0. The van der Waals surface area contributed by atoms with Gasteiger partial charge in [-0.3, -0.25) is 0 Å². The lowest BCUT2D eigenvalue weighted by molar-refractivity contribution is 1.03. The monoisotopic (exact) mass is 304 g/mol. The van der Waals surface area contributed by atoms with Crippen molar-refractivity contribution >= 4 is 46.6 Å². The summed E-state index contributed by atoms with van der Waals surface area (Å²) in [6.07, 6.45) is 0. The smallest absolute Gasteiger partial charge is 0.142 e. The third-order valence-corrected chi connectivity index (χ3v) is 3.80. The molecule has 0 fully saturated rings. The Labute approximate surface area is 118 Å². The topological polar surface area (TPSA) is 25.8 Å². The van der Waals surface area contributed by atoms with Gasteiger partial charge < -0.3 is 0 Å². The van der Waals surface area contributed by atoms with Crippen molar-refractivity contribution in [2.75, 3.05) is 0 Å². The highest BCUT2D eigenvalue weighted by atomic mass is 35.5. The van der Waals surface area contributed by atoms with Gasteiger partial charge >= 0.3 is 0 Å². The molecule has 0 N–H and O–H groups in total. The molecule has 0 bridgehead atoms. The highest BCUT2D eigenvalue weighted by Crippen LogP contribution is 2.29. The first-order valence-corrected chi connectivity index (χ1v) is 6.83. The van der Waals surface area contributed by atoms with E-state index in [1.807, 2.05) is 24.3 Å². The van der Waals surface area contributed by atoms with Gasteiger partial charge in [0.1, 0.15) is 16.1 Å². The Morgan fingerprint density at radius 1 is 1.00 bits per heavy atom. The number of nitrogens with zero attached hydrogens (tertiary/aromatic N) is 2. The second-order valence-corrected chi connectivity index (χ2v) is 5.35. The Morgan fingerprint density at radius 3 is 2.29 bits per heavy atom. The maximum atomic E-state index is 6.04. The number of hydrogen-bond donors (Lipinski definition) is 0. The van der Waals surface area contributed by atoms with Crippen molar-refractivity contribution in [3.05, 3.63) is 51.5 Å². The number of halogens is 3. The van der Waals surface area contributed by atoms with Crippen LogP contribution < -0.4 is 0 Å². The van der Waals surface area contributed by atoms with E-state index in [2.05, 4.69) is 9.97 Å².